The summed E-state index contributed by atoms with van der Waals surface area (Å²) in [6.45, 7) is 9.85. The van der Waals surface area contributed by atoms with Crippen LogP contribution in [0.4, 0.5) is 0 Å². The molecule has 1 aromatic heterocycles. The van der Waals surface area contributed by atoms with Gasteiger partial charge in [0.25, 0.3) is 5.91 Å². The highest BCUT2D eigenvalue weighted by Gasteiger charge is 2.34. The lowest BCUT2D eigenvalue weighted by Crippen LogP contribution is -2.51. The summed E-state index contributed by atoms with van der Waals surface area (Å²) >= 11 is 0. The molecule has 2 aromatic rings. The van der Waals surface area contributed by atoms with Crippen molar-refractivity contribution in [1.29, 1.82) is 0 Å². The number of carbonyl (C=O) groups is 1. The maximum absolute atomic E-state index is 12.9. The Morgan fingerprint density at radius 2 is 1.75 bits per heavy atom. The lowest BCUT2D eigenvalue weighted by molar-refractivity contribution is 0.0433. The van der Waals surface area contributed by atoms with Gasteiger partial charge in [0, 0.05) is 56.9 Å². The first kappa shape index (κ1) is 19.2. The SMILES string of the molecule is CN1CCN(CC2(C)CCN(C(=O)c3ccc(-c4cnco4)cc3)CC2)CC1. The summed E-state index contributed by atoms with van der Waals surface area (Å²) in [5, 5.41) is 0. The van der Waals surface area contributed by atoms with Crippen LogP contribution in [0.2, 0.25) is 0 Å². The fourth-order valence-corrected chi connectivity index (χ4v) is 4.27. The molecular formula is C22H30N4O2. The third kappa shape index (κ3) is 4.28. The molecule has 0 unspecified atom stereocenters. The predicted molar refractivity (Wildman–Crippen MR) is 109 cm³/mol. The van der Waals surface area contributed by atoms with Gasteiger partial charge in [-0.25, -0.2) is 4.98 Å². The molecule has 0 radical (unpaired) electrons. The molecular weight excluding hydrogens is 352 g/mol. The molecule has 0 atom stereocenters. The van der Waals surface area contributed by atoms with E-state index in [0.29, 0.717) is 5.41 Å². The number of piperazine rings is 1. The molecule has 3 heterocycles. The summed E-state index contributed by atoms with van der Waals surface area (Å²) in [6.07, 6.45) is 5.24. The molecule has 6 heteroatoms. The molecule has 6 nitrogen and oxygen atoms in total. The van der Waals surface area contributed by atoms with Crippen LogP contribution in [0.1, 0.15) is 30.1 Å². The van der Waals surface area contributed by atoms with Gasteiger partial charge in [-0.15, -0.1) is 0 Å². The Morgan fingerprint density at radius 1 is 1.07 bits per heavy atom. The van der Waals surface area contributed by atoms with Gasteiger partial charge in [0.1, 0.15) is 0 Å². The number of likely N-dealkylation sites (N-methyl/N-ethyl adjacent to an activating group) is 1. The number of rotatable bonds is 4. The van der Waals surface area contributed by atoms with Crippen LogP contribution in [0, 0.1) is 5.41 Å². The van der Waals surface area contributed by atoms with E-state index in [1.54, 1.807) is 6.20 Å². The molecule has 0 bridgehead atoms. The zero-order valence-corrected chi connectivity index (χ0v) is 16.9. The summed E-state index contributed by atoms with van der Waals surface area (Å²) in [7, 11) is 2.20. The average molecular weight is 383 g/mol. The van der Waals surface area contributed by atoms with Gasteiger partial charge in [0.05, 0.1) is 6.20 Å². The summed E-state index contributed by atoms with van der Waals surface area (Å²) in [4.78, 5) is 23.9. The van der Waals surface area contributed by atoms with E-state index in [2.05, 4.69) is 28.8 Å². The number of hydrogen-bond donors (Lipinski definition) is 0. The Bertz CT molecular complexity index is 771. The van der Waals surface area contributed by atoms with Crippen molar-refractivity contribution >= 4 is 5.91 Å². The molecule has 1 amide bonds. The third-order valence-corrected chi connectivity index (χ3v) is 6.31. The molecule has 2 fully saturated rings. The monoisotopic (exact) mass is 382 g/mol. The smallest absolute Gasteiger partial charge is 0.253 e. The highest BCUT2D eigenvalue weighted by atomic mass is 16.3. The standard InChI is InChI=1S/C22H30N4O2/c1-22(16-25-13-11-24(2)12-14-25)7-9-26(10-8-22)21(27)19-5-3-18(4-6-19)20-15-23-17-28-20/h3-6,15,17H,7-14,16H2,1-2H3. The minimum atomic E-state index is 0.130. The Labute approximate surface area is 167 Å². The van der Waals surface area contributed by atoms with Crippen molar-refractivity contribution in [2.45, 2.75) is 19.8 Å². The number of amides is 1. The van der Waals surface area contributed by atoms with Crippen molar-refractivity contribution in [3.05, 3.63) is 42.4 Å². The van der Waals surface area contributed by atoms with Crippen LogP contribution in [0.25, 0.3) is 11.3 Å². The van der Waals surface area contributed by atoms with Gasteiger partial charge in [0.2, 0.25) is 0 Å². The first-order valence-corrected chi connectivity index (χ1v) is 10.2. The van der Waals surface area contributed by atoms with E-state index >= 15 is 0 Å². The van der Waals surface area contributed by atoms with E-state index < -0.39 is 0 Å². The summed E-state index contributed by atoms with van der Waals surface area (Å²) in [5.41, 5.74) is 1.99. The first-order chi connectivity index (χ1) is 13.5. The number of oxazole rings is 1. The van der Waals surface area contributed by atoms with Crippen LogP contribution in [0.15, 0.2) is 41.3 Å². The van der Waals surface area contributed by atoms with E-state index in [1.165, 1.54) is 6.39 Å². The second kappa shape index (κ2) is 8.05. The third-order valence-electron chi connectivity index (χ3n) is 6.31. The van der Waals surface area contributed by atoms with E-state index in [4.69, 9.17) is 4.42 Å². The van der Waals surface area contributed by atoms with E-state index in [0.717, 1.165) is 75.5 Å². The largest absolute Gasteiger partial charge is 0.444 e. The van der Waals surface area contributed by atoms with Crippen LogP contribution in [0.5, 0.6) is 0 Å². The number of likely N-dealkylation sites (tertiary alicyclic amines) is 1. The topological polar surface area (TPSA) is 52.8 Å². The van der Waals surface area contributed by atoms with Gasteiger partial charge in [-0.1, -0.05) is 19.1 Å². The number of carbonyl (C=O) groups excluding carboxylic acids is 1. The number of nitrogens with zero attached hydrogens (tertiary/aromatic N) is 4. The molecule has 1 aromatic carbocycles. The van der Waals surface area contributed by atoms with Crippen molar-refractivity contribution in [3.63, 3.8) is 0 Å². The maximum Gasteiger partial charge on any atom is 0.253 e. The van der Waals surface area contributed by atoms with Crippen LogP contribution in [-0.2, 0) is 0 Å². The van der Waals surface area contributed by atoms with Gasteiger partial charge < -0.3 is 19.1 Å². The molecule has 2 aliphatic rings. The molecule has 0 aliphatic carbocycles. The predicted octanol–water partition coefficient (Wildman–Crippen LogP) is 2.83. The van der Waals surface area contributed by atoms with Crippen molar-refractivity contribution in [2.24, 2.45) is 5.41 Å². The van der Waals surface area contributed by atoms with Gasteiger partial charge in [0.15, 0.2) is 12.2 Å². The lowest BCUT2D eigenvalue weighted by Gasteiger charge is -2.44. The Kier molecular flexibility index (Phi) is 5.51. The van der Waals surface area contributed by atoms with E-state index in [1.807, 2.05) is 29.2 Å². The zero-order chi connectivity index (χ0) is 19.6. The molecule has 0 N–H and O–H groups in total. The van der Waals surface area contributed by atoms with Crippen LogP contribution in [-0.4, -0.2) is 78.5 Å². The van der Waals surface area contributed by atoms with E-state index in [-0.39, 0.29) is 5.91 Å². The summed E-state index contributed by atoms with van der Waals surface area (Å²) in [6, 6.07) is 7.63. The fraction of sp³-hybridized carbons (Fsp3) is 0.545. The number of piperidine rings is 1. The van der Waals surface area contributed by atoms with Gasteiger partial charge in [-0.3, -0.25) is 4.79 Å². The number of aromatic nitrogens is 1. The average Bonchev–Trinajstić information content (AvgIpc) is 3.25. The quantitative estimate of drug-likeness (QED) is 0.814. The normalized spacial score (nSPS) is 21.0. The summed E-state index contributed by atoms with van der Waals surface area (Å²) in [5.74, 6) is 0.849. The lowest BCUT2D eigenvalue weighted by atomic mass is 9.79. The van der Waals surface area contributed by atoms with E-state index in [9.17, 15) is 4.79 Å². The molecule has 4 rings (SSSR count). The maximum atomic E-state index is 12.9. The Balaban J connectivity index is 1.32. The first-order valence-electron chi connectivity index (χ1n) is 10.2. The van der Waals surface area contributed by atoms with Gasteiger partial charge in [-0.2, -0.15) is 0 Å². The Hall–Kier alpha value is -2.18. The van der Waals surface area contributed by atoms with Crippen LogP contribution in [0.3, 0.4) is 0 Å². The van der Waals surface area contributed by atoms with Crippen molar-refractivity contribution in [3.8, 4) is 11.3 Å². The molecule has 150 valence electrons. The fourth-order valence-electron chi connectivity index (χ4n) is 4.27. The van der Waals surface area contributed by atoms with Crippen molar-refractivity contribution in [2.75, 3.05) is 52.9 Å². The van der Waals surface area contributed by atoms with Gasteiger partial charge >= 0.3 is 0 Å². The molecule has 28 heavy (non-hydrogen) atoms. The minimum Gasteiger partial charge on any atom is -0.444 e. The molecule has 2 saturated heterocycles. The zero-order valence-electron chi connectivity index (χ0n) is 16.9. The summed E-state index contributed by atoms with van der Waals surface area (Å²) < 4.78 is 5.31. The molecule has 2 aliphatic heterocycles. The second-order valence-electron chi connectivity index (χ2n) is 8.63. The minimum absolute atomic E-state index is 0.130. The van der Waals surface area contributed by atoms with Crippen molar-refractivity contribution in [1.82, 2.24) is 19.7 Å². The molecule has 0 saturated carbocycles. The van der Waals surface area contributed by atoms with Crippen LogP contribution < -0.4 is 0 Å². The second-order valence-corrected chi connectivity index (χ2v) is 8.63. The number of benzene rings is 1. The molecule has 0 spiro atoms. The number of hydrogen-bond acceptors (Lipinski definition) is 5. The van der Waals surface area contributed by atoms with Crippen molar-refractivity contribution < 1.29 is 9.21 Å². The Morgan fingerprint density at radius 3 is 2.36 bits per heavy atom. The van der Waals surface area contributed by atoms with Crippen LogP contribution >= 0.6 is 0 Å². The van der Waals surface area contributed by atoms with Gasteiger partial charge in [-0.05, 0) is 37.4 Å². The highest BCUT2D eigenvalue weighted by Crippen LogP contribution is 2.33. The highest BCUT2D eigenvalue weighted by molar-refractivity contribution is 5.94.